The Labute approximate surface area is 109 Å². The molecule has 1 atom stereocenters. The molecule has 0 rings (SSSR count). The lowest BCUT2D eigenvalue weighted by atomic mass is 10.0. The van der Waals surface area contributed by atoms with Gasteiger partial charge in [0, 0.05) is 13.5 Å². The van der Waals surface area contributed by atoms with Gasteiger partial charge in [0.1, 0.15) is 11.6 Å². The van der Waals surface area contributed by atoms with Crippen molar-refractivity contribution in [3.8, 4) is 0 Å². The molecule has 0 aliphatic heterocycles. The summed E-state index contributed by atoms with van der Waals surface area (Å²) in [5, 5.41) is 2.68. The van der Waals surface area contributed by atoms with Crippen LogP contribution in [-0.2, 0) is 19.1 Å². The van der Waals surface area contributed by atoms with Gasteiger partial charge >= 0.3 is 5.97 Å². The van der Waals surface area contributed by atoms with E-state index >= 15 is 0 Å². The Morgan fingerprint density at radius 2 is 1.78 bits per heavy atom. The SMILES string of the molecule is COCCC(=O)N[C@@H](C(=O)OC(C)(C)C)C(C)C. The monoisotopic (exact) mass is 259 g/mol. The van der Waals surface area contributed by atoms with Crippen LogP contribution in [0.4, 0.5) is 0 Å². The number of nitrogens with one attached hydrogen (secondary N) is 1. The van der Waals surface area contributed by atoms with Gasteiger partial charge in [-0.2, -0.15) is 0 Å². The number of hydrogen-bond acceptors (Lipinski definition) is 4. The molecule has 106 valence electrons. The zero-order chi connectivity index (χ0) is 14.3. The van der Waals surface area contributed by atoms with E-state index in [0.717, 1.165) is 0 Å². The van der Waals surface area contributed by atoms with E-state index in [4.69, 9.17) is 9.47 Å². The Morgan fingerprint density at radius 3 is 2.17 bits per heavy atom. The van der Waals surface area contributed by atoms with Crippen LogP contribution in [0.15, 0.2) is 0 Å². The summed E-state index contributed by atoms with van der Waals surface area (Å²) in [6.07, 6.45) is 0.239. The summed E-state index contributed by atoms with van der Waals surface area (Å²) in [5.41, 5.74) is -0.554. The third-order valence-electron chi connectivity index (χ3n) is 2.18. The van der Waals surface area contributed by atoms with E-state index in [1.54, 1.807) is 20.8 Å². The molecule has 5 heteroatoms. The summed E-state index contributed by atoms with van der Waals surface area (Å²) in [4.78, 5) is 23.5. The lowest BCUT2D eigenvalue weighted by Gasteiger charge is -2.26. The highest BCUT2D eigenvalue weighted by Gasteiger charge is 2.28. The average molecular weight is 259 g/mol. The molecule has 18 heavy (non-hydrogen) atoms. The maximum absolute atomic E-state index is 11.9. The second kappa shape index (κ2) is 7.36. The summed E-state index contributed by atoms with van der Waals surface area (Å²) in [5.74, 6) is -0.629. The van der Waals surface area contributed by atoms with Crippen molar-refractivity contribution in [1.82, 2.24) is 5.32 Å². The van der Waals surface area contributed by atoms with Gasteiger partial charge in [-0.25, -0.2) is 4.79 Å². The number of rotatable bonds is 6. The zero-order valence-electron chi connectivity index (χ0n) is 12.2. The van der Waals surface area contributed by atoms with Crippen LogP contribution < -0.4 is 5.32 Å². The quantitative estimate of drug-likeness (QED) is 0.734. The standard InChI is InChI=1S/C13H25NO4/c1-9(2)11(12(16)18-13(3,4)5)14-10(15)7-8-17-6/h9,11H,7-8H2,1-6H3,(H,14,15)/t11-/m1/s1. The zero-order valence-corrected chi connectivity index (χ0v) is 12.2. The molecular formula is C13H25NO4. The lowest BCUT2D eigenvalue weighted by molar-refractivity contribution is -0.160. The molecule has 0 bridgehead atoms. The first kappa shape index (κ1) is 16.9. The number of amides is 1. The molecule has 0 saturated carbocycles. The molecule has 0 saturated heterocycles. The minimum Gasteiger partial charge on any atom is -0.458 e. The van der Waals surface area contributed by atoms with Crippen LogP contribution in [0.2, 0.25) is 0 Å². The van der Waals surface area contributed by atoms with Crippen molar-refractivity contribution >= 4 is 11.9 Å². The van der Waals surface area contributed by atoms with Crippen molar-refractivity contribution in [3.05, 3.63) is 0 Å². The average Bonchev–Trinajstić information content (AvgIpc) is 2.19. The molecular weight excluding hydrogens is 234 g/mol. The van der Waals surface area contributed by atoms with Crippen molar-refractivity contribution in [2.24, 2.45) is 5.92 Å². The van der Waals surface area contributed by atoms with E-state index in [1.165, 1.54) is 7.11 Å². The molecule has 5 nitrogen and oxygen atoms in total. The first-order chi connectivity index (χ1) is 8.17. The molecule has 0 aliphatic rings. The van der Waals surface area contributed by atoms with Gasteiger partial charge in [0.15, 0.2) is 0 Å². The largest absolute Gasteiger partial charge is 0.458 e. The molecule has 0 fully saturated rings. The molecule has 0 spiro atoms. The van der Waals surface area contributed by atoms with Crippen LogP contribution in [0.5, 0.6) is 0 Å². The van der Waals surface area contributed by atoms with Gasteiger partial charge in [0.25, 0.3) is 0 Å². The Balaban J connectivity index is 4.48. The van der Waals surface area contributed by atoms with Gasteiger partial charge in [0.05, 0.1) is 6.61 Å². The number of hydrogen-bond donors (Lipinski definition) is 1. The normalized spacial score (nSPS) is 13.3. The van der Waals surface area contributed by atoms with Crippen molar-refractivity contribution in [2.45, 2.75) is 52.7 Å². The van der Waals surface area contributed by atoms with Gasteiger partial charge in [0.2, 0.25) is 5.91 Å². The molecule has 0 aromatic rings. The predicted molar refractivity (Wildman–Crippen MR) is 69.1 cm³/mol. The van der Waals surface area contributed by atoms with Crippen LogP contribution in [0, 0.1) is 5.92 Å². The minimum atomic E-state index is -0.617. The first-order valence-corrected chi connectivity index (χ1v) is 6.18. The van der Waals surface area contributed by atoms with Gasteiger partial charge in [-0.3, -0.25) is 4.79 Å². The summed E-state index contributed by atoms with van der Waals surface area (Å²) < 4.78 is 10.1. The highest BCUT2D eigenvalue weighted by molar-refractivity contribution is 5.84. The number of methoxy groups -OCH3 is 1. The third-order valence-corrected chi connectivity index (χ3v) is 2.18. The van der Waals surface area contributed by atoms with Crippen molar-refractivity contribution in [2.75, 3.05) is 13.7 Å². The molecule has 1 N–H and O–H groups in total. The molecule has 1 amide bonds. The van der Waals surface area contributed by atoms with Crippen LogP contribution in [0.3, 0.4) is 0 Å². The number of ether oxygens (including phenoxy) is 2. The van der Waals surface area contributed by atoms with Crippen molar-refractivity contribution in [1.29, 1.82) is 0 Å². The second-order valence-electron chi connectivity index (χ2n) is 5.57. The van der Waals surface area contributed by atoms with Crippen LogP contribution >= 0.6 is 0 Å². The minimum absolute atomic E-state index is 0.0219. The van der Waals surface area contributed by atoms with Gasteiger partial charge in [-0.1, -0.05) is 13.8 Å². The maximum Gasteiger partial charge on any atom is 0.329 e. The molecule has 0 aromatic heterocycles. The summed E-state index contributed by atoms with van der Waals surface area (Å²) in [6, 6.07) is -0.617. The van der Waals surface area contributed by atoms with Crippen molar-refractivity contribution in [3.63, 3.8) is 0 Å². The Morgan fingerprint density at radius 1 is 1.22 bits per heavy atom. The fourth-order valence-corrected chi connectivity index (χ4v) is 1.30. The highest BCUT2D eigenvalue weighted by atomic mass is 16.6. The summed E-state index contributed by atoms with van der Waals surface area (Å²) in [6.45, 7) is 9.47. The smallest absolute Gasteiger partial charge is 0.329 e. The Kier molecular flexibility index (Phi) is 6.91. The topological polar surface area (TPSA) is 64.6 Å². The fourth-order valence-electron chi connectivity index (χ4n) is 1.30. The summed E-state index contributed by atoms with van der Waals surface area (Å²) >= 11 is 0. The van der Waals surface area contributed by atoms with E-state index in [1.807, 2.05) is 13.8 Å². The van der Waals surface area contributed by atoms with Gasteiger partial charge in [-0.05, 0) is 26.7 Å². The molecule has 0 aromatic carbocycles. The number of esters is 1. The fraction of sp³-hybridized carbons (Fsp3) is 0.846. The van der Waals surface area contributed by atoms with Crippen LogP contribution in [0.25, 0.3) is 0 Å². The van der Waals surface area contributed by atoms with Crippen LogP contribution in [-0.4, -0.2) is 37.2 Å². The first-order valence-electron chi connectivity index (χ1n) is 6.18. The third kappa shape index (κ3) is 7.27. The highest BCUT2D eigenvalue weighted by Crippen LogP contribution is 2.12. The van der Waals surface area contributed by atoms with E-state index in [9.17, 15) is 9.59 Å². The van der Waals surface area contributed by atoms with Crippen molar-refractivity contribution < 1.29 is 19.1 Å². The van der Waals surface area contributed by atoms with E-state index < -0.39 is 17.6 Å². The van der Waals surface area contributed by atoms with Gasteiger partial charge < -0.3 is 14.8 Å². The number of carbonyl (C=O) groups is 2. The molecule has 0 unspecified atom stereocenters. The maximum atomic E-state index is 11.9. The number of carbonyl (C=O) groups excluding carboxylic acids is 2. The van der Waals surface area contributed by atoms with E-state index in [0.29, 0.717) is 6.61 Å². The van der Waals surface area contributed by atoms with E-state index in [2.05, 4.69) is 5.32 Å². The summed E-state index contributed by atoms with van der Waals surface area (Å²) in [7, 11) is 1.53. The second-order valence-corrected chi connectivity index (χ2v) is 5.57. The van der Waals surface area contributed by atoms with Gasteiger partial charge in [-0.15, -0.1) is 0 Å². The molecule has 0 aliphatic carbocycles. The molecule has 0 heterocycles. The van der Waals surface area contributed by atoms with E-state index in [-0.39, 0.29) is 18.2 Å². The van der Waals surface area contributed by atoms with Crippen LogP contribution in [0.1, 0.15) is 41.0 Å². The molecule has 0 radical (unpaired) electrons. The predicted octanol–water partition coefficient (Wildman–Crippen LogP) is 1.51. The Bertz CT molecular complexity index is 281. The lowest BCUT2D eigenvalue weighted by Crippen LogP contribution is -2.47. The Hall–Kier alpha value is -1.10.